The number of hydrogen-bond donors (Lipinski definition) is 1. The number of hydrogen-bond acceptors (Lipinski definition) is 3. The second-order valence-electron chi connectivity index (χ2n) is 5.53. The van der Waals surface area contributed by atoms with Crippen LogP contribution in [0.5, 0.6) is 5.75 Å². The molecular weight excluding hydrogens is 335 g/mol. The van der Waals surface area contributed by atoms with Gasteiger partial charge in [-0.05, 0) is 54.0 Å². The molecule has 0 aliphatic carbocycles. The summed E-state index contributed by atoms with van der Waals surface area (Å²) in [5.74, 6) is -1.26. The first kappa shape index (κ1) is 16.9. The Bertz CT molecular complexity index is 813. The van der Waals surface area contributed by atoms with Gasteiger partial charge in [0.15, 0.2) is 0 Å². The van der Waals surface area contributed by atoms with Gasteiger partial charge in [0.05, 0.1) is 5.56 Å². The van der Waals surface area contributed by atoms with Crippen molar-refractivity contribution in [2.75, 3.05) is 11.4 Å². The predicted molar refractivity (Wildman–Crippen MR) is 86.5 cm³/mol. The van der Waals surface area contributed by atoms with Crippen molar-refractivity contribution in [3.8, 4) is 5.75 Å². The van der Waals surface area contributed by atoms with E-state index in [9.17, 15) is 18.0 Å². The largest absolute Gasteiger partial charge is 0.573 e. The van der Waals surface area contributed by atoms with Crippen LogP contribution in [-0.2, 0) is 0 Å². The molecule has 0 radical (unpaired) electrons. The van der Waals surface area contributed by atoms with Gasteiger partial charge in [-0.25, -0.2) is 4.79 Å². The molecule has 130 valence electrons. The quantitative estimate of drug-likeness (QED) is 0.881. The van der Waals surface area contributed by atoms with Gasteiger partial charge in [0.25, 0.3) is 0 Å². The molecule has 0 saturated carbocycles. The molecule has 7 heteroatoms. The summed E-state index contributed by atoms with van der Waals surface area (Å²) in [5.41, 5.74) is 2.74. The maximum Gasteiger partial charge on any atom is 0.573 e. The smallest absolute Gasteiger partial charge is 0.478 e. The molecule has 25 heavy (non-hydrogen) atoms. The Morgan fingerprint density at radius 3 is 2.48 bits per heavy atom. The molecule has 0 amide bonds. The lowest BCUT2D eigenvalue weighted by atomic mass is 10.0. The molecule has 0 atom stereocenters. The van der Waals surface area contributed by atoms with Gasteiger partial charge < -0.3 is 14.7 Å². The van der Waals surface area contributed by atoms with Crippen LogP contribution in [0.15, 0.2) is 54.7 Å². The molecule has 1 N–H and O–H groups in total. The van der Waals surface area contributed by atoms with Gasteiger partial charge in [-0.3, -0.25) is 0 Å². The average Bonchev–Trinajstić information content (AvgIpc) is 3.04. The Labute approximate surface area is 141 Å². The van der Waals surface area contributed by atoms with Gasteiger partial charge >= 0.3 is 12.3 Å². The molecule has 0 bridgehead atoms. The van der Waals surface area contributed by atoms with E-state index >= 15 is 0 Å². The molecule has 1 aliphatic rings. The summed E-state index contributed by atoms with van der Waals surface area (Å²) in [6.45, 7) is 0.659. The first-order chi connectivity index (χ1) is 11.8. The molecule has 4 nitrogen and oxygen atoms in total. The second kappa shape index (κ2) is 6.51. The summed E-state index contributed by atoms with van der Waals surface area (Å²) in [7, 11) is 0. The Kier molecular flexibility index (Phi) is 4.39. The number of alkyl halides is 3. The molecule has 1 aliphatic heterocycles. The molecule has 2 aromatic rings. The fourth-order valence-electron chi connectivity index (χ4n) is 2.67. The number of nitrogens with zero attached hydrogens (tertiary/aromatic N) is 1. The lowest BCUT2D eigenvalue weighted by molar-refractivity contribution is -0.274. The number of carbonyl (C=O) groups is 1. The van der Waals surface area contributed by atoms with Gasteiger partial charge in [0.1, 0.15) is 5.75 Å². The standard InChI is InChI=1S/C18H14F3NO3/c19-18(20,21)25-16-6-4-15(5-7-16)22-9-8-14(11-22)12-2-1-3-13(10-12)17(23)24/h1-7,10-11H,8-9H2,(H,23,24). The topological polar surface area (TPSA) is 49.8 Å². The van der Waals surface area contributed by atoms with Crippen molar-refractivity contribution < 1.29 is 27.8 Å². The van der Waals surface area contributed by atoms with E-state index in [1.165, 1.54) is 18.2 Å². The van der Waals surface area contributed by atoms with Crippen LogP contribution in [0.3, 0.4) is 0 Å². The number of carboxylic acids is 1. The predicted octanol–water partition coefficient (Wildman–Crippen LogP) is 4.53. The number of anilines is 1. The number of aromatic carboxylic acids is 1. The maximum absolute atomic E-state index is 12.2. The first-order valence-electron chi connectivity index (χ1n) is 7.49. The normalized spacial score (nSPS) is 14.4. The zero-order chi connectivity index (χ0) is 18.0. The minimum absolute atomic E-state index is 0.213. The van der Waals surface area contributed by atoms with Gasteiger partial charge in [-0.1, -0.05) is 12.1 Å². The second-order valence-corrected chi connectivity index (χ2v) is 5.53. The van der Waals surface area contributed by atoms with Crippen LogP contribution < -0.4 is 9.64 Å². The minimum Gasteiger partial charge on any atom is -0.478 e. The fraction of sp³-hybridized carbons (Fsp3) is 0.167. The van der Waals surface area contributed by atoms with Crippen molar-refractivity contribution in [3.63, 3.8) is 0 Å². The van der Waals surface area contributed by atoms with Gasteiger partial charge in [-0.15, -0.1) is 13.2 Å². The summed E-state index contributed by atoms with van der Waals surface area (Å²) in [5, 5.41) is 9.07. The van der Waals surface area contributed by atoms with Crippen LogP contribution in [-0.4, -0.2) is 24.0 Å². The lowest BCUT2D eigenvalue weighted by Crippen LogP contribution is -2.17. The number of carboxylic acid groups (broad SMARTS) is 1. The Hall–Kier alpha value is -2.96. The summed E-state index contributed by atoms with van der Waals surface area (Å²) in [4.78, 5) is 13.0. The Morgan fingerprint density at radius 1 is 1.12 bits per heavy atom. The van der Waals surface area contributed by atoms with Crippen molar-refractivity contribution in [3.05, 3.63) is 65.9 Å². The zero-order valence-corrected chi connectivity index (χ0v) is 13.0. The molecule has 0 spiro atoms. The lowest BCUT2D eigenvalue weighted by Gasteiger charge is -2.16. The summed E-state index contributed by atoms with van der Waals surface area (Å²) >= 11 is 0. The van der Waals surface area contributed by atoms with Crippen molar-refractivity contribution in [2.45, 2.75) is 12.8 Å². The van der Waals surface area contributed by atoms with Crippen LogP contribution in [0.25, 0.3) is 5.57 Å². The Morgan fingerprint density at radius 2 is 1.84 bits per heavy atom. The molecule has 1 heterocycles. The minimum atomic E-state index is -4.71. The number of halogens is 3. The third-order valence-electron chi connectivity index (χ3n) is 3.82. The van der Waals surface area contributed by atoms with E-state index in [-0.39, 0.29) is 11.3 Å². The maximum atomic E-state index is 12.2. The molecule has 3 rings (SSSR count). The van der Waals surface area contributed by atoms with Crippen molar-refractivity contribution in [1.29, 1.82) is 0 Å². The van der Waals surface area contributed by atoms with E-state index < -0.39 is 12.3 Å². The van der Waals surface area contributed by atoms with Crippen LogP contribution in [0.4, 0.5) is 18.9 Å². The van der Waals surface area contributed by atoms with Crippen LogP contribution in [0.1, 0.15) is 22.3 Å². The highest BCUT2D eigenvalue weighted by Gasteiger charge is 2.31. The van der Waals surface area contributed by atoms with Crippen LogP contribution in [0.2, 0.25) is 0 Å². The van der Waals surface area contributed by atoms with Crippen LogP contribution >= 0.6 is 0 Å². The van der Waals surface area contributed by atoms with E-state index in [1.54, 1.807) is 24.3 Å². The fourth-order valence-corrected chi connectivity index (χ4v) is 2.67. The van der Waals surface area contributed by atoms with Crippen molar-refractivity contribution in [2.24, 2.45) is 0 Å². The summed E-state index contributed by atoms with van der Waals surface area (Å²) < 4.78 is 40.4. The molecule has 0 unspecified atom stereocenters. The number of ether oxygens (including phenoxy) is 1. The molecule has 0 saturated heterocycles. The van der Waals surface area contributed by atoms with E-state index in [2.05, 4.69) is 4.74 Å². The number of benzene rings is 2. The summed E-state index contributed by atoms with van der Waals surface area (Å²) in [6.07, 6.45) is -2.12. The molecule has 2 aromatic carbocycles. The van der Waals surface area contributed by atoms with E-state index in [1.807, 2.05) is 17.2 Å². The highest BCUT2D eigenvalue weighted by molar-refractivity contribution is 5.89. The zero-order valence-electron chi connectivity index (χ0n) is 13.0. The highest BCUT2D eigenvalue weighted by atomic mass is 19.4. The summed E-state index contributed by atoms with van der Waals surface area (Å²) in [6, 6.07) is 12.3. The van der Waals surface area contributed by atoms with Crippen molar-refractivity contribution in [1.82, 2.24) is 0 Å². The third kappa shape index (κ3) is 4.12. The SMILES string of the molecule is O=C(O)c1cccc(C2=CN(c3ccc(OC(F)(F)F)cc3)CC2)c1. The molecule has 0 aromatic heterocycles. The van der Waals surface area contributed by atoms with E-state index in [0.29, 0.717) is 13.0 Å². The molecular formula is C18H14F3NO3. The Balaban J connectivity index is 1.77. The van der Waals surface area contributed by atoms with Gasteiger partial charge in [0, 0.05) is 18.4 Å². The van der Waals surface area contributed by atoms with Gasteiger partial charge in [0.2, 0.25) is 0 Å². The first-order valence-corrected chi connectivity index (χ1v) is 7.49. The van der Waals surface area contributed by atoms with Crippen molar-refractivity contribution >= 4 is 17.2 Å². The van der Waals surface area contributed by atoms with Gasteiger partial charge in [-0.2, -0.15) is 0 Å². The average molecular weight is 349 g/mol. The van der Waals surface area contributed by atoms with E-state index in [0.717, 1.165) is 16.8 Å². The monoisotopic (exact) mass is 349 g/mol. The van der Waals surface area contributed by atoms with Crippen LogP contribution in [0, 0.1) is 0 Å². The third-order valence-corrected chi connectivity index (χ3v) is 3.82. The molecule has 0 fully saturated rings. The number of rotatable bonds is 4. The van der Waals surface area contributed by atoms with E-state index in [4.69, 9.17) is 5.11 Å². The highest BCUT2D eigenvalue weighted by Crippen LogP contribution is 2.31.